The first-order chi connectivity index (χ1) is 15.3. The molecule has 1 heterocycles. The molecule has 0 aliphatic carbocycles. The van der Waals surface area contributed by atoms with E-state index in [2.05, 4.69) is 5.16 Å². The zero-order chi connectivity index (χ0) is 24.7. The Morgan fingerprint density at radius 3 is 2.18 bits per heavy atom. The van der Waals surface area contributed by atoms with Gasteiger partial charge in [-0.15, -0.1) is 0 Å². The van der Waals surface area contributed by atoms with Crippen LogP contribution in [0.1, 0.15) is 27.4 Å². The highest BCUT2D eigenvalue weighted by Gasteiger charge is 2.42. The Bertz CT molecular complexity index is 1210. The summed E-state index contributed by atoms with van der Waals surface area (Å²) in [5.41, 5.74) is -5.62. The molecule has 0 spiro atoms. The Hall–Kier alpha value is -3.71. The van der Waals surface area contributed by atoms with E-state index in [1.807, 2.05) is 0 Å². The summed E-state index contributed by atoms with van der Waals surface area (Å²) in [6.45, 7) is 0.615. The van der Waals surface area contributed by atoms with Crippen LogP contribution in [0.5, 0.6) is 5.75 Å². The van der Waals surface area contributed by atoms with Crippen molar-refractivity contribution in [2.45, 2.75) is 19.7 Å². The van der Waals surface area contributed by atoms with Crippen LogP contribution in [-0.2, 0) is 12.8 Å². The van der Waals surface area contributed by atoms with Crippen LogP contribution in [0.25, 0.3) is 0 Å². The third-order valence-electron chi connectivity index (χ3n) is 4.25. The van der Waals surface area contributed by atoms with Gasteiger partial charge in [0.2, 0.25) is 0 Å². The van der Waals surface area contributed by atoms with Gasteiger partial charge in [-0.3, -0.25) is 4.79 Å². The number of benzene rings is 2. The molecular weight excluding hydrogens is 475 g/mol. The molecule has 0 saturated carbocycles. The second-order valence-corrected chi connectivity index (χ2v) is 6.39. The predicted octanol–water partition coefficient (Wildman–Crippen LogP) is 5.67. The van der Waals surface area contributed by atoms with Gasteiger partial charge in [0, 0.05) is 6.07 Å². The first-order valence-electron chi connectivity index (χ1n) is 8.60. The van der Waals surface area contributed by atoms with Gasteiger partial charge in [0.15, 0.2) is 40.5 Å². The number of carbonyl (C=O) groups excluding carboxylic acids is 1. The predicted molar refractivity (Wildman–Crippen MR) is 91.2 cm³/mol. The summed E-state index contributed by atoms with van der Waals surface area (Å²) in [6.07, 6.45) is -5.76. The summed E-state index contributed by atoms with van der Waals surface area (Å²) in [4.78, 5) is 12.4. The maximum atomic E-state index is 14.0. The molecule has 0 aliphatic heterocycles. The van der Waals surface area contributed by atoms with Crippen LogP contribution in [-0.4, -0.2) is 11.1 Å². The van der Waals surface area contributed by atoms with E-state index in [1.54, 1.807) is 0 Å². The van der Waals surface area contributed by atoms with Crippen molar-refractivity contribution in [1.29, 1.82) is 0 Å². The largest absolute Gasteiger partial charge is 0.486 e. The lowest BCUT2D eigenvalue weighted by molar-refractivity contribution is -0.143. The molecule has 0 unspecified atom stereocenters. The summed E-state index contributed by atoms with van der Waals surface area (Å²) in [5, 5.41) is 4.68. The van der Waals surface area contributed by atoms with Crippen LogP contribution in [0.2, 0.25) is 0 Å². The molecule has 0 radical (unpaired) electrons. The smallest absolute Gasteiger partial charge is 0.422 e. The van der Waals surface area contributed by atoms with Gasteiger partial charge >= 0.3 is 6.18 Å². The van der Waals surface area contributed by atoms with Crippen LogP contribution in [0.4, 0.5) is 45.2 Å². The molecule has 2 aromatic carbocycles. The fourth-order valence-electron chi connectivity index (χ4n) is 2.64. The van der Waals surface area contributed by atoms with Crippen LogP contribution >= 0.6 is 0 Å². The average Bonchev–Trinajstić information content (AvgIpc) is 3.08. The fraction of sp³-hybridized carbons (Fsp3) is 0.158. The normalized spacial score (nSPS) is 11.6. The third kappa shape index (κ3) is 4.59. The number of ether oxygens (including phenoxy) is 1. The quantitative estimate of drug-likeness (QED) is 0.375. The van der Waals surface area contributed by atoms with Crippen molar-refractivity contribution in [2.75, 3.05) is 5.32 Å². The fourth-order valence-corrected chi connectivity index (χ4v) is 2.64. The second kappa shape index (κ2) is 8.67. The molecule has 14 heteroatoms. The Labute approximate surface area is 177 Å². The minimum atomic E-state index is -5.76. The van der Waals surface area contributed by atoms with Crippen molar-refractivity contribution < 1.29 is 53.6 Å². The van der Waals surface area contributed by atoms with Crippen molar-refractivity contribution in [1.82, 2.24) is 5.16 Å². The monoisotopic (exact) mass is 484 g/mol. The number of rotatable bonds is 5. The number of alkyl halides is 3. The Morgan fingerprint density at radius 1 is 1.03 bits per heavy atom. The minimum absolute atomic E-state index is 0.103. The molecule has 1 amide bonds. The van der Waals surface area contributed by atoms with Gasteiger partial charge in [-0.25, -0.2) is 26.3 Å². The van der Waals surface area contributed by atoms with Gasteiger partial charge in [0.05, 0.1) is 5.56 Å². The summed E-state index contributed by atoms with van der Waals surface area (Å²) in [7, 11) is 0. The van der Waals surface area contributed by atoms with E-state index in [4.69, 9.17) is 9.26 Å². The zero-order valence-electron chi connectivity index (χ0n) is 16.0. The summed E-state index contributed by atoms with van der Waals surface area (Å²) in [6, 6.07) is 2.29. The van der Waals surface area contributed by atoms with Crippen molar-refractivity contribution in [3.8, 4) is 5.75 Å². The van der Waals surface area contributed by atoms with Crippen molar-refractivity contribution in [3.63, 3.8) is 0 Å². The van der Waals surface area contributed by atoms with Crippen molar-refractivity contribution >= 4 is 11.6 Å². The number of hydrogen-bond donors (Lipinski definition) is 1. The number of aryl methyl sites for hydroxylation is 1. The highest BCUT2D eigenvalue weighted by atomic mass is 19.4. The molecule has 0 fully saturated rings. The lowest BCUT2D eigenvalue weighted by atomic mass is 10.1. The Morgan fingerprint density at radius 2 is 1.64 bits per heavy atom. The third-order valence-corrected chi connectivity index (χ3v) is 4.25. The second-order valence-electron chi connectivity index (χ2n) is 6.39. The first kappa shape index (κ1) is 23.9. The average molecular weight is 484 g/mol. The molecule has 176 valence electrons. The van der Waals surface area contributed by atoms with E-state index in [0.717, 1.165) is 12.1 Å². The van der Waals surface area contributed by atoms with E-state index in [9.17, 15) is 44.3 Å². The number of halogens is 9. The Balaban J connectivity index is 1.91. The lowest BCUT2D eigenvalue weighted by Crippen LogP contribution is -2.21. The lowest BCUT2D eigenvalue weighted by Gasteiger charge is -2.14. The first-order valence-corrected chi connectivity index (χ1v) is 8.60. The van der Waals surface area contributed by atoms with Gasteiger partial charge in [0.25, 0.3) is 5.91 Å². The van der Waals surface area contributed by atoms with Crippen molar-refractivity contribution in [3.05, 3.63) is 75.7 Å². The number of nitrogens with one attached hydrogen (secondary N) is 1. The number of anilines is 1. The molecule has 0 bridgehead atoms. The van der Waals surface area contributed by atoms with E-state index in [0.29, 0.717) is 6.07 Å². The van der Waals surface area contributed by atoms with Crippen molar-refractivity contribution in [2.24, 2.45) is 0 Å². The number of aromatic nitrogens is 1. The maximum Gasteiger partial charge on any atom is 0.422 e. The van der Waals surface area contributed by atoms with E-state index in [1.165, 1.54) is 12.2 Å². The number of amides is 1. The standard InChI is InChI=1S/C19H9F9N2O3/c1-6-8(5-32-10-3-2-7(20)4-9(10)21)16(30-33-6)18(31)29-17-14(24)12(22)11(19(26,27)28)13(23)15(17)25/h2-4H,5H2,1H3,(H,29,31). The maximum absolute atomic E-state index is 14.0. The molecule has 3 aromatic rings. The minimum Gasteiger partial charge on any atom is -0.486 e. The SMILES string of the molecule is Cc1onc(C(=O)Nc2c(F)c(F)c(C(F)(F)F)c(F)c2F)c1COc1ccc(F)cc1F. The molecule has 0 aliphatic rings. The highest BCUT2D eigenvalue weighted by Crippen LogP contribution is 2.38. The van der Waals surface area contributed by atoms with Gasteiger partial charge in [0.1, 0.15) is 29.4 Å². The van der Waals surface area contributed by atoms with E-state index < -0.39 is 76.3 Å². The molecular formula is C19H9F9N2O3. The number of hydrogen-bond acceptors (Lipinski definition) is 4. The highest BCUT2D eigenvalue weighted by molar-refractivity contribution is 6.04. The van der Waals surface area contributed by atoms with Crippen LogP contribution < -0.4 is 10.1 Å². The molecule has 0 saturated heterocycles. The van der Waals surface area contributed by atoms with Gasteiger partial charge in [-0.1, -0.05) is 5.16 Å². The molecule has 1 aromatic heterocycles. The number of carbonyl (C=O) groups is 1. The molecule has 5 nitrogen and oxygen atoms in total. The summed E-state index contributed by atoms with van der Waals surface area (Å²) < 4.78 is 130. The molecule has 33 heavy (non-hydrogen) atoms. The van der Waals surface area contributed by atoms with Crippen LogP contribution in [0.15, 0.2) is 22.7 Å². The van der Waals surface area contributed by atoms with Crippen LogP contribution in [0, 0.1) is 41.8 Å². The molecule has 0 atom stereocenters. The Kier molecular flexibility index (Phi) is 6.29. The number of nitrogens with zero attached hydrogens (tertiary/aromatic N) is 1. The summed E-state index contributed by atoms with van der Waals surface area (Å²) >= 11 is 0. The topological polar surface area (TPSA) is 64.4 Å². The van der Waals surface area contributed by atoms with Gasteiger partial charge in [-0.05, 0) is 19.1 Å². The van der Waals surface area contributed by atoms with E-state index in [-0.39, 0.29) is 11.3 Å². The van der Waals surface area contributed by atoms with E-state index >= 15 is 0 Å². The molecule has 3 rings (SSSR count). The van der Waals surface area contributed by atoms with Gasteiger partial charge in [-0.2, -0.15) is 13.2 Å². The zero-order valence-corrected chi connectivity index (χ0v) is 16.0. The van der Waals surface area contributed by atoms with Gasteiger partial charge < -0.3 is 14.6 Å². The van der Waals surface area contributed by atoms with Crippen LogP contribution in [0.3, 0.4) is 0 Å². The summed E-state index contributed by atoms with van der Waals surface area (Å²) in [5.74, 6) is -14.7. The molecule has 1 N–H and O–H groups in total.